The van der Waals surface area contributed by atoms with Crippen molar-refractivity contribution < 1.29 is 9.52 Å². The van der Waals surface area contributed by atoms with Gasteiger partial charge in [-0.05, 0) is 46.3 Å². The first-order valence-electron chi connectivity index (χ1n) is 4.85. The van der Waals surface area contributed by atoms with Crippen LogP contribution < -0.4 is 0 Å². The maximum absolute atomic E-state index is 10.1. The minimum Gasteiger partial charge on any atom is -0.454 e. The molecule has 0 radical (unpaired) electrons. The van der Waals surface area contributed by atoms with Crippen molar-refractivity contribution in [1.82, 2.24) is 0 Å². The summed E-state index contributed by atoms with van der Waals surface area (Å²) in [6, 6.07) is 3.77. The number of hydrogen-bond donors (Lipinski definition) is 1. The fourth-order valence-corrected chi connectivity index (χ4v) is 2.97. The summed E-state index contributed by atoms with van der Waals surface area (Å²) in [5.41, 5.74) is -0.251. The fraction of sp³-hybridized carbons (Fsp3) is 0.636. The summed E-state index contributed by atoms with van der Waals surface area (Å²) in [6.07, 6.45) is 2.35. The lowest BCUT2D eigenvalue weighted by atomic mass is 9.60. The van der Waals surface area contributed by atoms with Gasteiger partial charge in [0.15, 0.2) is 4.67 Å². The first-order valence-corrected chi connectivity index (χ1v) is 5.65. The molecule has 1 aliphatic carbocycles. The SMILES string of the molecule is CC1(C)CC(O)(Cc2ccc(Br)o2)C1. The first-order chi connectivity index (χ1) is 6.39. The van der Waals surface area contributed by atoms with Crippen LogP contribution in [0.25, 0.3) is 0 Å². The predicted molar refractivity (Wildman–Crippen MR) is 58.1 cm³/mol. The van der Waals surface area contributed by atoms with Crippen LogP contribution in [-0.4, -0.2) is 10.7 Å². The van der Waals surface area contributed by atoms with E-state index in [-0.39, 0.29) is 0 Å². The van der Waals surface area contributed by atoms with Crippen molar-refractivity contribution in [2.45, 2.75) is 38.7 Å². The van der Waals surface area contributed by atoms with Crippen molar-refractivity contribution in [3.05, 3.63) is 22.6 Å². The smallest absolute Gasteiger partial charge is 0.169 e. The van der Waals surface area contributed by atoms with E-state index in [0.29, 0.717) is 11.8 Å². The zero-order valence-corrected chi connectivity index (χ0v) is 10.1. The summed E-state index contributed by atoms with van der Waals surface area (Å²) < 4.78 is 6.11. The molecule has 1 aromatic rings. The highest BCUT2D eigenvalue weighted by Crippen LogP contribution is 2.49. The zero-order chi connectivity index (χ0) is 10.4. The molecule has 1 saturated carbocycles. The van der Waals surface area contributed by atoms with E-state index in [2.05, 4.69) is 29.8 Å². The molecule has 0 aliphatic heterocycles. The lowest BCUT2D eigenvalue weighted by Crippen LogP contribution is -2.50. The maximum Gasteiger partial charge on any atom is 0.169 e. The molecule has 0 saturated heterocycles. The highest BCUT2D eigenvalue weighted by atomic mass is 79.9. The van der Waals surface area contributed by atoms with Crippen LogP contribution in [0.15, 0.2) is 21.2 Å². The summed E-state index contributed by atoms with van der Waals surface area (Å²) in [5, 5.41) is 10.1. The van der Waals surface area contributed by atoms with Gasteiger partial charge in [0.05, 0.1) is 5.60 Å². The molecule has 14 heavy (non-hydrogen) atoms. The van der Waals surface area contributed by atoms with Crippen LogP contribution >= 0.6 is 15.9 Å². The van der Waals surface area contributed by atoms with Crippen molar-refractivity contribution in [2.75, 3.05) is 0 Å². The van der Waals surface area contributed by atoms with E-state index < -0.39 is 5.60 Å². The van der Waals surface area contributed by atoms with E-state index in [1.165, 1.54) is 0 Å². The highest BCUT2D eigenvalue weighted by Gasteiger charge is 2.48. The predicted octanol–water partition coefficient (Wildman–Crippen LogP) is 3.14. The average molecular weight is 259 g/mol. The second kappa shape index (κ2) is 3.11. The topological polar surface area (TPSA) is 33.4 Å². The van der Waals surface area contributed by atoms with Gasteiger partial charge in [0.2, 0.25) is 0 Å². The standard InChI is InChI=1S/C11H15BrO2/c1-10(2)6-11(13,7-10)5-8-3-4-9(12)14-8/h3-4,13H,5-7H2,1-2H3. The van der Waals surface area contributed by atoms with E-state index in [0.717, 1.165) is 23.3 Å². The average Bonchev–Trinajstić information content (AvgIpc) is 2.29. The monoisotopic (exact) mass is 258 g/mol. The van der Waals surface area contributed by atoms with Gasteiger partial charge in [-0.15, -0.1) is 0 Å². The van der Waals surface area contributed by atoms with Gasteiger partial charge in [-0.2, -0.15) is 0 Å². The lowest BCUT2D eigenvalue weighted by Gasteiger charge is -2.49. The van der Waals surface area contributed by atoms with E-state index in [1.54, 1.807) is 0 Å². The third kappa shape index (κ3) is 2.04. The molecule has 0 atom stereocenters. The van der Waals surface area contributed by atoms with Crippen molar-refractivity contribution in [3.8, 4) is 0 Å². The molecule has 2 rings (SSSR count). The number of furan rings is 1. The lowest BCUT2D eigenvalue weighted by molar-refractivity contribution is -0.114. The Morgan fingerprint density at radius 2 is 2.07 bits per heavy atom. The molecule has 1 fully saturated rings. The van der Waals surface area contributed by atoms with Crippen LogP contribution in [0.2, 0.25) is 0 Å². The molecule has 1 N–H and O–H groups in total. The Kier molecular flexibility index (Phi) is 2.27. The van der Waals surface area contributed by atoms with Gasteiger partial charge in [0, 0.05) is 6.42 Å². The normalized spacial score (nSPS) is 23.1. The Balaban J connectivity index is 1.99. The minimum absolute atomic E-state index is 0.290. The second-order valence-corrected chi connectivity index (χ2v) is 5.91. The summed E-state index contributed by atoms with van der Waals surface area (Å²) in [6.45, 7) is 4.36. The fourth-order valence-electron chi connectivity index (χ4n) is 2.63. The summed E-state index contributed by atoms with van der Waals surface area (Å²) in [7, 11) is 0. The third-order valence-corrected chi connectivity index (χ3v) is 3.17. The molecule has 0 bridgehead atoms. The van der Waals surface area contributed by atoms with E-state index >= 15 is 0 Å². The van der Waals surface area contributed by atoms with Crippen LogP contribution in [0.4, 0.5) is 0 Å². The summed E-state index contributed by atoms with van der Waals surface area (Å²) in [4.78, 5) is 0. The molecular formula is C11H15BrO2. The molecule has 0 aromatic carbocycles. The largest absolute Gasteiger partial charge is 0.454 e. The number of aliphatic hydroxyl groups is 1. The third-order valence-electron chi connectivity index (χ3n) is 2.75. The van der Waals surface area contributed by atoms with Gasteiger partial charge in [-0.3, -0.25) is 0 Å². The number of hydrogen-bond acceptors (Lipinski definition) is 2. The maximum atomic E-state index is 10.1. The quantitative estimate of drug-likeness (QED) is 0.885. The molecule has 1 aliphatic rings. The number of rotatable bonds is 2. The minimum atomic E-state index is -0.541. The van der Waals surface area contributed by atoms with Crippen molar-refractivity contribution in [1.29, 1.82) is 0 Å². The van der Waals surface area contributed by atoms with Crippen LogP contribution in [0.3, 0.4) is 0 Å². The van der Waals surface area contributed by atoms with Crippen molar-refractivity contribution in [2.24, 2.45) is 5.41 Å². The van der Waals surface area contributed by atoms with Gasteiger partial charge < -0.3 is 9.52 Å². The molecule has 1 aromatic heterocycles. The van der Waals surface area contributed by atoms with Gasteiger partial charge >= 0.3 is 0 Å². The van der Waals surface area contributed by atoms with Gasteiger partial charge in [0.1, 0.15) is 5.76 Å². The van der Waals surface area contributed by atoms with E-state index in [9.17, 15) is 5.11 Å². The Morgan fingerprint density at radius 3 is 2.50 bits per heavy atom. The molecule has 2 nitrogen and oxygen atoms in total. The van der Waals surface area contributed by atoms with Gasteiger partial charge in [-0.25, -0.2) is 0 Å². The van der Waals surface area contributed by atoms with Crippen LogP contribution in [0.1, 0.15) is 32.4 Å². The molecule has 1 heterocycles. The summed E-state index contributed by atoms with van der Waals surface area (Å²) >= 11 is 3.25. The van der Waals surface area contributed by atoms with E-state index in [1.807, 2.05) is 12.1 Å². The summed E-state index contributed by atoms with van der Waals surface area (Å²) in [5.74, 6) is 0.856. The molecule has 0 unspecified atom stereocenters. The Hall–Kier alpha value is -0.280. The molecule has 3 heteroatoms. The van der Waals surface area contributed by atoms with Crippen LogP contribution in [0.5, 0.6) is 0 Å². The Bertz CT molecular complexity index is 333. The van der Waals surface area contributed by atoms with Crippen molar-refractivity contribution in [3.63, 3.8) is 0 Å². The van der Waals surface area contributed by atoms with E-state index in [4.69, 9.17) is 4.42 Å². The Labute approximate surface area is 92.4 Å². The van der Waals surface area contributed by atoms with Crippen LogP contribution in [0, 0.1) is 5.41 Å². The molecule has 78 valence electrons. The zero-order valence-electron chi connectivity index (χ0n) is 8.51. The Morgan fingerprint density at radius 1 is 1.43 bits per heavy atom. The van der Waals surface area contributed by atoms with Gasteiger partial charge in [0.25, 0.3) is 0 Å². The van der Waals surface area contributed by atoms with Crippen LogP contribution in [-0.2, 0) is 6.42 Å². The second-order valence-electron chi connectivity index (χ2n) is 5.12. The molecule has 0 spiro atoms. The first kappa shape index (κ1) is 10.2. The van der Waals surface area contributed by atoms with Crippen molar-refractivity contribution >= 4 is 15.9 Å². The number of halogens is 1. The molecular weight excluding hydrogens is 244 g/mol. The van der Waals surface area contributed by atoms with Gasteiger partial charge in [-0.1, -0.05) is 13.8 Å². The molecule has 0 amide bonds. The highest BCUT2D eigenvalue weighted by molar-refractivity contribution is 9.10.